The van der Waals surface area contributed by atoms with Gasteiger partial charge in [0.15, 0.2) is 0 Å². The number of rotatable bonds is 4. The van der Waals surface area contributed by atoms with Gasteiger partial charge in [-0.1, -0.05) is 52.7 Å². The Balaban J connectivity index is 1.71. The maximum absolute atomic E-state index is 11.0. The van der Waals surface area contributed by atoms with E-state index in [1.807, 2.05) is 5.57 Å². The molecule has 4 aliphatic carbocycles. The van der Waals surface area contributed by atoms with Crippen LogP contribution in [0.15, 0.2) is 11.1 Å². The van der Waals surface area contributed by atoms with Crippen LogP contribution in [-0.4, -0.2) is 17.5 Å². The lowest BCUT2D eigenvalue weighted by atomic mass is 9.43. The average Bonchev–Trinajstić information content (AvgIpc) is 2.95. The van der Waals surface area contributed by atoms with Crippen LogP contribution in [0.4, 0.5) is 0 Å². The third-order valence-electron chi connectivity index (χ3n) is 11.2. The highest BCUT2D eigenvalue weighted by Gasteiger charge is 2.63. The standard InChI is InChI=1S/C27H44O2/c1-18(8-7-17-28)19-11-15-27(6)21-9-10-22-24(2,3)23(29)13-14-25(22,4)20(21)12-16-26(19,27)5/h17-19,22-23,29H,7-16H2,1-6H3/t18-,19+,22+,23+,25-,26+,27-/m1/s1. The summed E-state index contributed by atoms with van der Waals surface area (Å²) in [6.07, 6.45) is 12.6. The summed E-state index contributed by atoms with van der Waals surface area (Å²) in [5, 5.41) is 10.8. The van der Waals surface area contributed by atoms with Gasteiger partial charge in [-0.2, -0.15) is 0 Å². The maximum atomic E-state index is 11.0. The first-order valence-corrected chi connectivity index (χ1v) is 12.4. The van der Waals surface area contributed by atoms with Crippen molar-refractivity contribution in [3.05, 3.63) is 11.1 Å². The highest BCUT2D eigenvalue weighted by molar-refractivity contribution is 5.49. The molecule has 0 spiro atoms. The summed E-state index contributed by atoms with van der Waals surface area (Å²) in [4.78, 5) is 11.0. The fourth-order valence-electron chi connectivity index (χ4n) is 9.16. The van der Waals surface area contributed by atoms with Crippen LogP contribution in [0.3, 0.4) is 0 Å². The molecule has 0 amide bonds. The van der Waals surface area contributed by atoms with Crippen molar-refractivity contribution in [1.82, 2.24) is 0 Å². The van der Waals surface area contributed by atoms with Crippen molar-refractivity contribution in [3.8, 4) is 0 Å². The van der Waals surface area contributed by atoms with Gasteiger partial charge in [0.05, 0.1) is 6.10 Å². The van der Waals surface area contributed by atoms with Crippen LogP contribution in [0.1, 0.15) is 106 Å². The molecule has 0 aromatic heterocycles. The molecule has 0 aliphatic heterocycles. The number of aldehydes is 1. The molecule has 0 saturated heterocycles. The summed E-state index contributed by atoms with van der Waals surface area (Å²) in [7, 11) is 0. The minimum absolute atomic E-state index is 0.0226. The molecule has 2 fully saturated rings. The summed E-state index contributed by atoms with van der Waals surface area (Å²) < 4.78 is 0. The lowest BCUT2D eigenvalue weighted by molar-refractivity contribution is -0.108. The molecule has 7 atom stereocenters. The number of aliphatic hydroxyl groups excluding tert-OH is 1. The van der Waals surface area contributed by atoms with Crippen LogP contribution in [-0.2, 0) is 4.79 Å². The molecule has 0 aromatic rings. The van der Waals surface area contributed by atoms with Gasteiger partial charge in [-0.15, -0.1) is 0 Å². The fraction of sp³-hybridized carbons (Fsp3) is 0.889. The Morgan fingerprint density at radius 3 is 2.41 bits per heavy atom. The number of allylic oxidation sites excluding steroid dienone is 2. The van der Waals surface area contributed by atoms with E-state index in [1.54, 1.807) is 5.57 Å². The summed E-state index contributed by atoms with van der Waals surface area (Å²) >= 11 is 0. The molecular weight excluding hydrogens is 356 g/mol. The minimum atomic E-state index is -0.151. The van der Waals surface area contributed by atoms with Crippen molar-refractivity contribution in [2.45, 2.75) is 112 Å². The molecule has 4 rings (SSSR count). The second kappa shape index (κ2) is 6.94. The molecule has 29 heavy (non-hydrogen) atoms. The van der Waals surface area contributed by atoms with Crippen LogP contribution >= 0.6 is 0 Å². The van der Waals surface area contributed by atoms with E-state index in [4.69, 9.17) is 0 Å². The van der Waals surface area contributed by atoms with Crippen LogP contribution in [0.2, 0.25) is 0 Å². The maximum Gasteiger partial charge on any atom is 0.120 e. The zero-order valence-electron chi connectivity index (χ0n) is 19.8. The first-order chi connectivity index (χ1) is 13.5. The molecule has 4 aliphatic rings. The predicted molar refractivity (Wildman–Crippen MR) is 120 cm³/mol. The highest BCUT2D eigenvalue weighted by Crippen LogP contribution is 2.72. The van der Waals surface area contributed by atoms with Gasteiger partial charge < -0.3 is 9.90 Å². The summed E-state index contributed by atoms with van der Waals surface area (Å²) in [6.45, 7) is 14.8. The molecule has 2 heteroatoms. The van der Waals surface area contributed by atoms with Crippen LogP contribution in [0.5, 0.6) is 0 Å². The smallest absolute Gasteiger partial charge is 0.120 e. The monoisotopic (exact) mass is 400 g/mol. The van der Waals surface area contributed by atoms with Crippen molar-refractivity contribution < 1.29 is 9.90 Å². The molecule has 0 unspecified atom stereocenters. The van der Waals surface area contributed by atoms with E-state index in [0.717, 1.165) is 37.9 Å². The van der Waals surface area contributed by atoms with Gasteiger partial charge in [-0.25, -0.2) is 0 Å². The summed E-state index contributed by atoms with van der Waals surface area (Å²) in [5.74, 6) is 2.00. The number of aliphatic hydroxyl groups is 1. The quantitative estimate of drug-likeness (QED) is 0.420. The fourth-order valence-corrected chi connectivity index (χ4v) is 9.16. The molecule has 164 valence electrons. The number of carbonyl (C=O) groups is 1. The highest BCUT2D eigenvalue weighted by atomic mass is 16.3. The Morgan fingerprint density at radius 2 is 1.72 bits per heavy atom. The van der Waals surface area contributed by atoms with E-state index >= 15 is 0 Å². The molecular formula is C27H44O2. The van der Waals surface area contributed by atoms with Gasteiger partial charge in [-0.3, -0.25) is 0 Å². The number of carbonyl (C=O) groups excluding carboxylic acids is 1. The normalized spacial score (nSPS) is 47.2. The first-order valence-electron chi connectivity index (χ1n) is 12.4. The van der Waals surface area contributed by atoms with E-state index in [2.05, 4.69) is 41.5 Å². The van der Waals surface area contributed by atoms with E-state index in [1.165, 1.54) is 38.5 Å². The number of fused-ring (bicyclic) bond motifs is 4. The van der Waals surface area contributed by atoms with Crippen molar-refractivity contribution >= 4 is 6.29 Å². The average molecular weight is 401 g/mol. The van der Waals surface area contributed by atoms with Crippen molar-refractivity contribution in [2.75, 3.05) is 0 Å². The minimum Gasteiger partial charge on any atom is -0.393 e. The Bertz CT molecular complexity index is 705. The Hall–Kier alpha value is -0.630. The largest absolute Gasteiger partial charge is 0.393 e. The third kappa shape index (κ3) is 2.80. The van der Waals surface area contributed by atoms with E-state index in [0.29, 0.717) is 22.7 Å². The first kappa shape index (κ1) is 21.6. The summed E-state index contributed by atoms with van der Waals surface area (Å²) in [5.41, 5.74) is 4.63. The molecule has 0 bridgehead atoms. The van der Waals surface area contributed by atoms with E-state index < -0.39 is 0 Å². The zero-order valence-corrected chi connectivity index (χ0v) is 19.8. The van der Waals surface area contributed by atoms with Crippen molar-refractivity contribution in [2.24, 2.45) is 39.4 Å². The van der Waals surface area contributed by atoms with Crippen LogP contribution in [0.25, 0.3) is 0 Å². The second-order valence-corrected chi connectivity index (χ2v) is 12.5. The Labute approximate surface area is 178 Å². The van der Waals surface area contributed by atoms with Crippen LogP contribution < -0.4 is 0 Å². The second-order valence-electron chi connectivity index (χ2n) is 12.5. The number of hydrogen-bond acceptors (Lipinski definition) is 2. The van der Waals surface area contributed by atoms with Gasteiger partial charge in [0.1, 0.15) is 6.29 Å². The Morgan fingerprint density at radius 1 is 1.00 bits per heavy atom. The van der Waals surface area contributed by atoms with E-state index in [9.17, 15) is 9.90 Å². The Kier molecular flexibility index (Phi) is 5.17. The predicted octanol–water partition coefficient (Wildman–Crippen LogP) is 6.71. The van der Waals surface area contributed by atoms with Gasteiger partial charge >= 0.3 is 0 Å². The molecule has 1 N–H and O–H groups in total. The lowest BCUT2D eigenvalue weighted by Gasteiger charge is -2.62. The lowest BCUT2D eigenvalue weighted by Crippen LogP contribution is -2.55. The molecule has 0 aromatic carbocycles. The molecule has 0 radical (unpaired) electrons. The SMILES string of the molecule is C[C@H](CCC=O)[C@@H]1CC[C@]2(C)C3=C(CC[C@@]12C)[C@@]1(C)CC[C@H](O)C(C)(C)[C@@H]1CC3. The van der Waals surface area contributed by atoms with Gasteiger partial charge in [-0.05, 0) is 97.2 Å². The third-order valence-corrected chi connectivity index (χ3v) is 11.2. The van der Waals surface area contributed by atoms with Crippen molar-refractivity contribution in [3.63, 3.8) is 0 Å². The number of hydrogen-bond donors (Lipinski definition) is 1. The molecule has 0 heterocycles. The summed E-state index contributed by atoms with van der Waals surface area (Å²) in [6, 6.07) is 0. The van der Waals surface area contributed by atoms with Gasteiger partial charge in [0, 0.05) is 6.42 Å². The zero-order chi connectivity index (χ0) is 21.2. The van der Waals surface area contributed by atoms with E-state index in [-0.39, 0.29) is 16.9 Å². The van der Waals surface area contributed by atoms with Gasteiger partial charge in [0.2, 0.25) is 0 Å². The topological polar surface area (TPSA) is 37.3 Å². The van der Waals surface area contributed by atoms with Gasteiger partial charge in [0.25, 0.3) is 0 Å². The molecule has 2 nitrogen and oxygen atoms in total. The van der Waals surface area contributed by atoms with Crippen LogP contribution in [0, 0.1) is 39.4 Å². The van der Waals surface area contributed by atoms with Crippen molar-refractivity contribution in [1.29, 1.82) is 0 Å². The molecule has 2 saturated carbocycles.